The molecule has 1 heterocycles. The number of carbonyl (C=O) groups is 1. The molecular weight excluding hydrogens is 242 g/mol. The molecule has 0 aliphatic heterocycles. The van der Waals surface area contributed by atoms with Crippen LogP contribution in [0.4, 0.5) is 0 Å². The third kappa shape index (κ3) is 3.71. The van der Waals surface area contributed by atoms with Crippen molar-refractivity contribution in [3.05, 3.63) is 17.5 Å². The molecule has 0 saturated heterocycles. The Balaban J connectivity index is 2.71. The fraction of sp³-hybridized carbons (Fsp3) is 0.636. The number of aromatic nitrogens is 2. The number of carbonyl (C=O) groups excluding carboxylic acids is 1. The third-order valence-corrected chi connectivity index (χ3v) is 2.79. The van der Waals surface area contributed by atoms with Gasteiger partial charge in [-0.05, 0) is 12.5 Å². The van der Waals surface area contributed by atoms with Gasteiger partial charge in [0.1, 0.15) is 5.69 Å². The zero-order chi connectivity index (χ0) is 12.8. The summed E-state index contributed by atoms with van der Waals surface area (Å²) in [7, 11) is 3.32. The number of rotatable bonds is 6. The third-order valence-electron chi connectivity index (χ3n) is 2.41. The van der Waals surface area contributed by atoms with Crippen molar-refractivity contribution >= 4 is 17.5 Å². The van der Waals surface area contributed by atoms with Gasteiger partial charge in [0.2, 0.25) is 0 Å². The van der Waals surface area contributed by atoms with Crippen molar-refractivity contribution in [1.29, 1.82) is 0 Å². The highest BCUT2D eigenvalue weighted by Crippen LogP contribution is 2.04. The first-order chi connectivity index (χ1) is 8.12. The molecule has 0 radical (unpaired) electrons. The van der Waals surface area contributed by atoms with E-state index < -0.39 is 0 Å². The maximum absolute atomic E-state index is 12.0. The van der Waals surface area contributed by atoms with Crippen LogP contribution < -0.4 is 5.32 Å². The number of aryl methyl sites for hydroxylation is 2. The number of amides is 1. The van der Waals surface area contributed by atoms with Crippen molar-refractivity contribution in [2.24, 2.45) is 7.05 Å². The lowest BCUT2D eigenvalue weighted by molar-refractivity contribution is 0.0897. The Bertz CT molecular complexity index is 379. The highest BCUT2D eigenvalue weighted by atomic mass is 35.5. The summed E-state index contributed by atoms with van der Waals surface area (Å²) in [5.74, 6) is 0.139. The predicted molar refractivity (Wildman–Crippen MR) is 66.4 cm³/mol. The molecule has 1 aromatic rings. The van der Waals surface area contributed by atoms with Crippen LogP contribution in [0.15, 0.2) is 6.07 Å². The summed E-state index contributed by atoms with van der Waals surface area (Å²) >= 11 is 5.73. The molecule has 0 saturated carbocycles. The summed E-state index contributed by atoms with van der Waals surface area (Å²) < 4.78 is 6.54. The Morgan fingerprint density at radius 3 is 2.88 bits per heavy atom. The maximum Gasteiger partial charge on any atom is 0.269 e. The predicted octanol–water partition coefficient (Wildman–Crippen LogP) is 0.966. The lowest BCUT2D eigenvalue weighted by Crippen LogP contribution is -2.40. The second kappa shape index (κ2) is 6.61. The van der Waals surface area contributed by atoms with Crippen molar-refractivity contribution in [1.82, 2.24) is 15.1 Å². The average Bonchev–Trinajstić information content (AvgIpc) is 2.70. The topological polar surface area (TPSA) is 56.1 Å². The van der Waals surface area contributed by atoms with Crippen LogP contribution in [-0.4, -0.2) is 41.3 Å². The van der Waals surface area contributed by atoms with E-state index in [1.807, 2.05) is 6.92 Å². The van der Waals surface area contributed by atoms with Crippen LogP contribution in [0.5, 0.6) is 0 Å². The Morgan fingerprint density at radius 2 is 2.41 bits per heavy atom. The van der Waals surface area contributed by atoms with Gasteiger partial charge in [0.15, 0.2) is 0 Å². The van der Waals surface area contributed by atoms with E-state index in [9.17, 15) is 4.79 Å². The molecule has 0 aliphatic rings. The van der Waals surface area contributed by atoms with E-state index in [2.05, 4.69) is 10.4 Å². The van der Waals surface area contributed by atoms with Crippen molar-refractivity contribution in [2.75, 3.05) is 19.6 Å². The van der Waals surface area contributed by atoms with Gasteiger partial charge in [-0.2, -0.15) is 5.10 Å². The van der Waals surface area contributed by atoms with Crippen LogP contribution in [0.1, 0.15) is 23.1 Å². The maximum atomic E-state index is 12.0. The van der Waals surface area contributed by atoms with Gasteiger partial charge in [0.05, 0.1) is 18.3 Å². The summed E-state index contributed by atoms with van der Waals surface area (Å²) in [5.41, 5.74) is 1.43. The molecule has 0 aliphatic carbocycles. The molecule has 1 aromatic heterocycles. The van der Waals surface area contributed by atoms with Crippen LogP contribution in [-0.2, 0) is 18.2 Å². The van der Waals surface area contributed by atoms with Crippen LogP contribution in [0.2, 0.25) is 0 Å². The first-order valence-electron chi connectivity index (χ1n) is 5.51. The standard InChI is InChI=1S/C11H18ClN3O2/c1-4-8-5-10(15(2)14-8)11(16)13-9(6-12)7-17-3/h5,9H,4,6-7H2,1-3H3,(H,13,16). The van der Waals surface area contributed by atoms with Gasteiger partial charge in [-0.1, -0.05) is 6.92 Å². The molecular formula is C11H18ClN3O2. The number of nitrogens with zero attached hydrogens (tertiary/aromatic N) is 2. The van der Waals surface area contributed by atoms with Crippen LogP contribution >= 0.6 is 11.6 Å². The number of nitrogens with one attached hydrogen (secondary N) is 1. The van der Waals surface area contributed by atoms with Gasteiger partial charge in [-0.3, -0.25) is 9.48 Å². The Labute approximate surface area is 106 Å². The van der Waals surface area contributed by atoms with Crippen molar-refractivity contribution in [3.8, 4) is 0 Å². The molecule has 5 nitrogen and oxygen atoms in total. The molecule has 17 heavy (non-hydrogen) atoms. The van der Waals surface area contributed by atoms with Gasteiger partial charge in [-0.15, -0.1) is 11.6 Å². The first kappa shape index (κ1) is 14.0. The lowest BCUT2D eigenvalue weighted by atomic mass is 10.2. The summed E-state index contributed by atoms with van der Waals surface area (Å²) in [6.45, 7) is 2.39. The van der Waals surface area contributed by atoms with Crippen molar-refractivity contribution < 1.29 is 9.53 Å². The summed E-state index contributed by atoms with van der Waals surface area (Å²) in [4.78, 5) is 12.0. The molecule has 1 rings (SSSR count). The second-order valence-corrected chi connectivity index (χ2v) is 4.09. The van der Waals surface area contributed by atoms with E-state index in [4.69, 9.17) is 16.3 Å². The molecule has 1 amide bonds. The van der Waals surface area contributed by atoms with Gasteiger partial charge >= 0.3 is 0 Å². The monoisotopic (exact) mass is 259 g/mol. The van der Waals surface area contributed by atoms with E-state index in [-0.39, 0.29) is 11.9 Å². The Hall–Kier alpha value is -1.07. The lowest BCUT2D eigenvalue weighted by Gasteiger charge is -2.14. The molecule has 0 bridgehead atoms. The quantitative estimate of drug-likeness (QED) is 0.775. The number of hydrogen-bond acceptors (Lipinski definition) is 3. The minimum atomic E-state index is -0.186. The van der Waals surface area contributed by atoms with Gasteiger partial charge < -0.3 is 10.1 Å². The van der Waals surface area contributed by atoms with E-state index in [1.165, 1.54) is 0 Å². The van der Waals surface area contributed by atoms with Crippen molar-refractivity contribution in [3.63, 3.8) is 0 Å². The van der Waals surface area contributed by atoms with E-state index in [0.717, 1.165) is 12.1 Å². The van der Waals surface area contributed by atoms with Gasteiger partial charge in [0.25, 0.3) is 5.91 Å². The molecule has 0 spiro atoms. The van der Waals surface area contributed by atoms with E-state index in [1.54, 1.807) is 24.9 Å². The number of hydrogen-bond donors (Lipinski definition) is 1. The summed E-state index contributed by atoms with van der Waals surface area (Å²) in [5, 5.41) is 7.03. The molecule has 0 fully saturated rings. The van der Waals surface area contributed by atoms with Gasteiger partial charge in [0, 0.05) is 20.0 Å². The molecule has 1 N–H and O–H groups in total. The largest absolute Gasteiger partial charge is 0.383 e. The summed E-state index contributed by atoms with van der Waals surface area (Å²) in [6, 6.07) is 1.60. The number of alkyl halides is 1. The molecule has 6 heteroatoms. The van der Waals surface area contributed by atoms with Gasteiger partial charge in [-0.25, -0.2) is 0 Å². The van der Waals surface area contributed by atoms with Crippen LogP contribution in [0.25, 0.3) is 0 Å². The Kier molecular flexibility index (Phi) is 5.44. The van der Waals surface area contributed by atoms with Crippen LogP contribution in [0, 0.1) is 0 Å². The minimum Gasteiger partial charge on any atom is -0.383 e. The highest BCUT2D eigenvalue weighted by Gasteiger charge is 2.16. The molecule has 1 unspecified atom stereocenters. The van der Waals surface area contributed by atoms with E-state index >= 15 is 0 Å². The summed E-state index contributed by atoms with van der Waals surface area (Å²) in [6.07, 6.45) is 0.804. The number of ether oxygens (including phenoxy) is 1. The zero-order valence-electron chi connectivity index (χ0n) is 10.4. The average molecular weight is 260 g/mol. The number of methoxy groups -OCH3 is 1. The second-order valence-electron chi connectivity index (χ2n) is 3.78. The fourth-order valence-corrected chi connectivity index (χ4v) is 1.66. The number of halogens is 1. The minimum absolute atomic E-state index is 0.178. The van der Waals surface area contributed by atoms with Crippen LogP contribution in [0.3, 0.4) is 0 Å². The van der Waals surface area contributed by atoms with E-state index in [0.29, 0.717) is 18.2 Å². The molecule has 0 aromatic carbocycles. The normalized spacial score (nSPS) is 12.5. The smallest absolute Gasteiger partial charge is 0.269 e. The molecule has 1 atom stereocenters. The first-order valence-corrected chi connectivity index (χ1v) is 6.04. The fourth-order valence-electron chi connectivity index (χ4n) is 1.50. The SMILES string of the molecule is CCc1cc(C(=O)NC(CCl)COC)n(C)n1. The zero-order valence-corrected chi connectivity index (χ0v) is 11.1. The van der Waals surface area contributed by atoms with Crippen molar-refractivity contribution in [2.45, 2.75) is 19.4 Å². The Morgan fingerprint density at radius 1 is 1.71 bits per heavy atom. The molecule has 96 valence electrons. The highest BCUT2D eigenvalue weighted by molar-refractivity contribution is 6.18.